The van der Waals surface area contributed by atoms with Gasteiger partial charge < -0.3 is 0 Å². The van der Waals surface area contributed by atoms with Gasteiger partial charge in [0.25, 0.3) is 0 Å². The molecule has 0 fully saturated rings. The zero-order chi connectivity index (χ0) is 2.71. The van der Waals surface area contributed by atoms with Crippen LogP contribution in [0.4, 0.5) is 0 Å². The van der Waals surface area contributed by atoms with E-state index < -0.39 is 0 Å². The minimum absolute atomic E-state index is 0. The van der Waals surface area contributed by atoms with E-state index in [0.29, 0.717) is 0 Å². The van der Waals surface area contributed by atoms with Gasteiger partial charge in [0.05, 0.1) is 0 Å². The van der Waals surface area contributed by atoms with Crippen molar-refractivity contribution in [3.8, 4) is 0 Å². The second kappa shape index (κ2) is 18.4. The molecule has 0 saturated heterocycles. The van der Waals surface area contributed by atoms with Crippen LogP contribution in [0.15, 0.2) is 0 Å². The molecule has 0 unspecified atom stereocenters. The Balaban J connectivity index is -0.0000000200. The molecule has 0 heterocycles. The number of rotatable bonds is 0. The molecule has 0 aromatic rings. The molecule has 0 rings (SSSR count). The number of nitrogens with two attached hydrogens (primary N) is 1. The first-order valence-corrected chi connectivity index (χ1v) is 3.15. The SMILES string of the molecule is Cl.Cl.N[CH2][SnH]. The average Bonchev–Trinajstić information content (AvgIpc) is 0.918. The van der Waals surface area contributed by atoms with E-state index in [2.05, 4.69) is 0 Å². The maximum atomic E-state index is 4.90. The summed E-state index contributed by atoms with van der Waals surface area (Å²) in [6.45, 7) is 0. The van der Waals surface area contributed by atoms with E-state index in [1.807, 2.05) is 0 Å². The Morgan fingerprint density at radius 2 is 1.40 bits per heavy atom. The Hall–Kier alpha value is 1.34. The van der Waals surface area contributed by atoms with Crippen LogP contribution in [0.25, 0.3) is 0 Å². The van der Waals surface area contributed by atoms with Crippen LogP contribution in [0.5, 0.6) is 0 Å². The summed E-state index contributed by atoms with van der Waals surface area (Å²) in [4.78, 5) is 0. The summed E-state index contributed by atoms with van der Waals surface area (Å²) in [5.74, 6) is 0. The van der Waals surface area contributed by atoms with Gasteiger partial charge in [-0.1, -0.05) is 0 Å². The number of hydrogen-bond donors (Lipinski definition) is 1. The maximum absolute atomic E-state index is 4.90. The fourth-order valence-corrected chi connectivity index (χ4v) is 0. The molecule has 4 heteroatoms. The zero-order valence-corrected chi connectivity index (χ0v) is 7.61. The monoisotopic (exact) mass is 223 g/mol. The molecule has 5 heavy (non-hydrogen) atoms. The van der Waals surface area contributed by atoms with Gasteiger partial charge in [0.15, 0.2) is 0 Å². The third kappa shape index (κ3) is 33.2. The molecule has 0 aromatic carbocycles. The van der Waals surface area contributed by atoms with Crippen LogP contribution in [-0.4, -0.2) is 27.1 Å². The van der Waals surface area contributed by atoms with Crippen molar-refractivity contribution in [1.82, 2.24) is 0 Å². The van der Waals surface area contributed by atoms with E-state index in [4.69, 9.17) is 5.73 Å². The summed E-state index contributed by atoms with van der Waals surface area (Å²) in [5, 5.41) is 0. The van der Waals surface area contributed by atoms with Crippen molar-refractivity contribution < 1.29 is 0 Å². The Labute approximate surface area is 57.6 Å². The van der Waals surface area contributed by atoms with Gasteiger partial charge in [-0.25, -0.2) is 0 Å². The molecule has 0 atom stereocenters. The van der Waals surface area contributed by atoms with Gasteiger partial charge in [0, 0.05) is 0 Å². The van der Waals surface area contributed by atoms with Gasteiger partial charge in [0.2, 0.25) is 0 Å². The predicted molar refractivity (Wildman–Crippen MR) is 30.7 cm³/mol. The van der Waals surface area contributed by atoms with Crippen molar-refractivity contribution in [1.29, 1.82) is 0 Å². The molecule has 2 N–H and O–H groups in total. The van der Waals surface area contributed by atoms with Gasteiger partial charge in [-0.15, -0.1) is 24.8 Å². The van der Waals surface area contributed by atoms with Crippen LogP contribution in [0.1, 0.15) is 0 Å². The van der Waals surface area contributed by atoms with Crippen molar-refractivity contribution in [2.24, 2.45) is 5.73 Å². The zero-order valence-electron chi connectivity index (χ0n) is 2.68. The molecule has 0 aliphatic heterocycles. The molecule has 0 aliphatic carbocycles. The van der Waals surface area contributed by atoms with Crippen molar-refractivity contribution in [3.05, 3.63) is 0 Å². The van der Waals surface area contributed by atoms with Gasteiger partial charge in [0.1, 0.15) is 0 Å². The topological polar surface area (TPSA) is 26.0 Å². The number of hydrogen-bond acceptors (Lipinski definition) is 1. The summed E-state index contributed by atoms with van der Waals surface area (Å²) in [7, 11) is 0. The normalized spacial score (nSPS) is 3.60. The average molecular weight is 223 g/mol. The minimum atomic E-state index is 0. The third-order valence-electron chi connectivity index (χ3n) is 0. The molecule has 0 amide bonds. The van der Waals surface area contributed by atoms with Crippen LogP contribution >= 0.6 is 24.8 Å². The standard InChI is InChI=1S/CH4N.2ClH.Sn.H/c1-2;;;;/h1-2H2;2*1H;;. The van der Waals surface area contributed by atoms with E-state index in [1.54, 1.807) is 0 Å². The fourth-order valence-electron chi connectivity index (χ4n) is 0. The van der Waals surface area contributed by atoms with E-state index in [-0.39, 0.29) is 24.8 Å². The first-order valence-electron chi connectivity index (χ1n) is 0.816. The van der Waals surface area contributed by atoms with Gasteiger partial charge in [-0.2, -0.15) is 0 Å². The molecule has 34 valence electrons. The Morgan fingerprint density at radius 3 is 1.40 bits per heavy atom. The predicted octanol–water partition coefficient (Wildman–Crippen LogP) is -0.353. The molecule has 0 bridgehead atoms. The molecule has 0 saturated carbocycles. The van der Waals surface area contributed by atoms with Crippen LogP contribution in [0.3, 0.4) is 0 Å². The molecule has 0 aromatic heterocycles. The third-order valence-corrected chi connectivity index (χ3v) is 0. The van der Waals surface area contributed by atoms with E-state index in [0.717, 1.165) is 4.56 Å². The molecule has 1 nitrogen and oxygen atoms in total. The second-order valence-electron chi connectivity index (χ2n) is 0.236. The van der Waals surface area contributed by atoms with Gasteiger partial charge in [-0.3, -0.25) is 0 Å². The van der Waals surface area contributed by atoms with Gasteiger partial charge in [-0.05, 0) is 0 Å². The van der Waals surface area contributed by atoms with Crippen LogP contribution in [0.2, 0.25) is 0 Å². The second-order valence-corrected chi connectivity index (χ2v) is 1.58. The first-order chi connectivity index (χ1) is 1.41. The van der Waals surface area contributed by atoms with Crippen LogP contribution < -0.4 is 5.73 Å². The molecular formula is CH7Cl2NSn. The van der Waals surface area contributed by atoms with Crippen molar-refractivity contribution in [2.75, 3.05) is 4.56 Å². The summed E-state index contributed by atoms with van der Waals surface area (Å²) in [6, 6.07) is 0. The molecule has 0 aliphatic rings. The van der Waals surface area contributed by atoms with Crippen molar-refractivity contribution in [3.63, 3.8) is 0 Å². The van der Waals surface area contributed by atoms with E-state index in [1.165, 1.54) is 22.5 Å². The van der Waals surface area contributed by atoms with E-state index >= 15 is 0 Å². The van der Waals surface area contributed by atoms with Crippen LogP contribution in [0, 0.1) is 0 Å². The number of halogens is 2. The Kier molecular flexibility index (Phi) is 59.6. The van der Waals surface area contributed by atoms with Crippen molar-refractivity contribution >= 4 is 47.3 Å². The van der Waals surface area contributed by atoms with Crippen molar-refractivity contribution in [2.45, 2.75) is 0 Å². The van der Waals surface area contributed by atoms with E-state index in [9.17, 15) is 0 Å². The fraction of sp³-hybridized carbons (Fsp3) is 1.00. The molecule has 2 radical (unpaired) electrons. The van der Waals surface area contributed by atoms with Crippen LogP contribution in [-0.2, 0) is 0 Å². The molecular weight excluding hydrogens is 216 g/mol. The van der Waals surface area contributed by atoms with Gasteiger partial charge >= 0.3 is 32.8 Å². The summed E-state index contributed by atoms with van der Waals surface area (Å²) in [5.41, 5.74) is 4.90. The quantitative estimate of drug-likeness (QED) is 0.557. The Morgan fingerprint density at radius 1 is 1.40 bits per heavy atom. The summed E-state index contributed by atoms with van der Waals surface area (Å²) >= 11 is 1.19. The summed E-state index contributed by atoms with van der Waals surface area (Å²) < 4.78 is 0.880. The first kappa shape index (κ1) is 16.2. The summed E-state index contributed by atoms with van der Waals surface area (Å²) in [6.07, 6.45) is 0. The molecule has 0 spiro atoms. The Bertz CT molecular complexity index is 9.61.